The van der Waals surface area contributed by atoms with Crippen molar-refractivity contribution in [3.8, 4) is 0 Å². The van der Waals surface area contributed by atoms with Crippen molar-refractivity contribution in [3.63, 3.8) is 0 Å². The normalized spacial score (nSPS) is 20.0. The molecule has 2 aliphatic heterocycles. The molecular weight excluding hydrogens is 254 g/mol. The molecule has 0 saturated carbocycles. The van der Waals surface area contributed by atoms with Gasteiger partial charge in [-0.1, -0.05) is 0 Å². The van der Waals surface area contributed by atoms with Crippen LogP contribution in [0, 0.1) is 0 Å². The van der Waals surface area contributed by atoms with Gasteiger partial charge in [0.05, 0.1) is 13.2 Å². The van der Waals surface area contributed by atoms with Gasteiger partial charge in [0.1, 0.15) is 5.69 Å². The summed E-state index contributed by atoms with van der Waals surface area (Å²) in [7, 11) is 0. The third kappa shape index (κ3) is 2.93. The van der Waals surface area contributed by atoms with E-state index in [9.17, 15) is 4.79 Å². The van der Waals surface area contributed by atoms with E-state index < -0.39 is 0 Å². The summed E-state index contributed by atoms with van der Waals surface area (Å²) in [4.78, 5) is 20.9. The molecule has 3 rings (SSSR count). The summed E-state index contributed by atoms with van der Waals surface area (Å²) in [6.45, 7) is 4.97. The van der Waals surface area contributed by atoms with Crippen molar-refractivity contribution in [1.82, 2.24) is 9.88 Å². The number of carbonyl (C=O) groups excluding carboxylic acids is 1. The number of hydrogen-bond donors (Lipinski definition) is 0. The first-order valence-electron chi connectivity index (χ1n) is 7.42. The van der Waals surface area contributed by atoms with E-state index in [4.69, 9.17) is 4.74 Å². The summed E-state index contributed by atoms with van der Waals surface area (Å²) in [5, 5.41) is 0. The lowest BCUT2D eigenvalue weighted by Gasteiger charge is -2.29. The number of aromatic nitrogens is 1. The second-order valence-corrected chi connectivity index (χ2v) is 5.35. The fraction of sp³-hybridized carbons (Fsp3) is 0.600. The first-order valence-corrected chi connectivity index (χ1v) is 7.42. The van der Waals surface area contributed by atoms with Gasteiger partial charge in [0, 0.05) is 38.1 Å². The number of hydrogen-bond acceptors (Lipinski definition) is 4. The van der Waals surface area contributed by atoms with E-state index in [0.29, 0.717) is 5.69 Å². The van der Waals surface area contributed by atoms with Gasteiger partial charge in [-0.3, -0.25) is 9.78 Å². The van der Waals surface area contributed by atoms with Crippen LogP contribution in [0.15, 0.2) is 18.3 Å². The molecule has 20 heavy (non-hydrogen) atoms. The van der Waals surface area contributed by atoms with E-state index in [-0.39, 0.29) is 5.91 Å². The van der Waals surface area contributed by atoms with Gasteiger partial charge in [0.15, 0.2) is 0 Å². The zero-order chi connectivity index (χ0) is 13.8. The van der Waals surface area contributed by atoms with Crippen LogP contribution in [0.3, 0.4) is 0 Å². The molecule has 3 heterocycles. The van der Waals surface area contributed by atoms with Crippen LogP contribution in [0.25, 0.3) is 0 Å². The Bertz CT molecular complexity index is 466. The highest BCUT2D eigenvalue weighted by molar-refractivity contribution is 5.93. The highest BCUT2D eigenvalue weighted by Gasteiger charge is 2.20. The Kier molecular flexibility index (Phi) is 4.16. The van der Waals surface area contributed by atoms with E-state index in [0.717, 1.165) is 57.9 Å². The molecule has 0 radical (unpaired) electrons. The van der Waals surface area contributed by atoms with Crippen LogP contribution >= 0.6 is 0 Å². The Labute approximate surface area is 119 Å². The van der Waals surface area contributed by atoms with Crippen molar-refractivity contribution in [3.05, 3.63) is 24.0 Å². The van der Waals surface area contributed by atoms with Crippen molar-refractivity contribution in [2.24, 2.45) is 0 Å². The molecule has 1 aromatic rings. The van der Waals surface area contributed by atoms with Crippen molar-refractivity contribution < 1.29 is 9.53 Å². The van der Waals surface area contributed by atoms with Crippen molar-refractivity contribution >= 4 is 11.6 Å². The summed E-state index contributed by atoms with van der Waals surface area (Å²) in [6.07, 6.45) is 5.18. The molecule has 2 saturated heterocycles. The Balaban J connectivity index is 1.74. The van der Waals surface area contributed by atoms with Gasteiger partial charge in [-0.15, -0.1) is 0 Å². The van der Waals surface area contributed by atoms with Gasteiger partial charge in [-0.05, 0) is 31.4 Å². The molecule has 0 N–H and O–H groups in total. The minimum atomic E-state index is 0.0693. The Hall–Kier alpha value is -1.62. The van der Waals surface area contributed by atoms with Crippen molar-refractivity contribution in [2.45, 2.75) is 19.3 Å². The highest BCUT2D eigenvalue weighted by atomic mass is 16.5. The number of piperidine rings is 1. The number of amides is 1. The van der Waals surface area contributed by atoms with Gasteiger partial charge < -0.3 is 14.5 Å². The molecule has 108 valence electrons. The second-order valence-electron chi connectivity index (χ2n) is 5.35. The largest absolute Gasteiger partial charge is 0.378 e. The van der Waals surface area contributed by atoms with E-state index >= 15 is 0 Å². The molecule has 0 spiro atoms. The molecule has 0 unspecified atom stereocenters. The number of likely N-dealkylation sites (tertiary alicyclic amines) is 1. The molecule has 0 aliphatic carbocycles. The molecule has 0 atom stereocenters. The maximum absolute atomic E-state index is 12.5. The van der Waals surface area contributed by atoms with Gasteiger partial charge in [0.25, 0.3) is 5.91 Å². The zero-order valence-electron chi connectivity index (χ0n) is 11.8. The van der Waals surface area contributed by atoms with Crippen molar-refractivity contribution in [1.29, 1.82) is 0 Å². The predicted molar refractivity (Wildman–Crippen MR) is 77.0 cm³/mol. The molecule has 0 aromatic carbocycles. The maximum atomic E-state index is 12.5. The Morgan fingerprint density at radius 3 is 2.60 bits per heavy atom. The Morgan fingerprint density at radius 1 is 1.10 bits per heavy atom. The summed E-state index contributed by atoms with van der Waals surface area (Å²) in [6, 6.07) is 3.89. The van der Waals surface area contributed by atoms with Crippen LogP contribution in [0.5, 0.6) is 0 Å². The lowest BCUT2D eigenvalue weighted by atomic mass is 10.1. The molecule has 1 aromatic heterocycles. The van der Waals surface area contributed by atoms with Crippen LogP contribution < -0.4 is 4.90 Å². The third-order valence-electron chi connectivity index (χ3n) is 3.98. The zero-order valence-corrected chi connectivity index (χ0v) is 11.8. The molecular formula is C15H21N3O2. The number of pyridine rings is 1. The monoisotopic (exact) mass is 275 g/mol. The number of anilines is 1. The lowest BCUT2D eigenvalue weighted by Crippen LogP contribution is -2.37. The van der Waals surface area contributed by atoms with Crippen LogP contribution in [0.2, 0.25) is 0 Å². The van der Waals surface area contributed by atoms with E-state index in [2.05, 4.69) is 9.88 Å². The number of carbonyl (C=O) groups is 1. The average molecular weight is 275 g/mol. The van der Waals surface area contributed by atoms with E-state index in [1.165, 1.54) is 6.42 Å². The molecule has 5 nitrogen and oxygen atoms in total. The van der Waals surface area contributed by atoms with Crippen LogP contribution in [-0.2, 0) is 4.74 Å². The second kappa shape index (κ2) is 6.22. The minimum Gasteiger partial charge on any atom is -0.378 e. The molecule has 5 heteroatoms. The van der Waals surface area contributed by atoms with Crippen LogP contribution in [-0.4, -0.2) is 55.2 Å². The number of ether oxygens (including phenoxy) is 1. The molecule has 2 aliphatic rings. The lowest BCUT2D eigenvalue weighted by molar-refractivity contribution is 0.0718. The van der Waals surface area contributed by atoms with Crippen molar-refractivity contribution in [2.75, 3.05) is 44.3 Å². The van der Waals surface area contributed by atoms with E-state index in [1.54, 1.807) is 6.20 Å². The highest BCUT2D eigenvalue weighted by Crippen LogP contribution is 2.18. The van der Waals surface area contributed by atoms with Gasteiger partial charge in [-0.25, -0.2) is 0 Å². The fourth-order valence-electron chi connectivity index (χ4n) is 2.81. The van der Waals surface area contributed by atoms with Crippen LogP contribution in [0.4, 0.5) is 5.69 Å². The van der Waals surface area contributed by atoms with E-state index in [1.807, 2.05) is 17.0 Å². The predicted octanol–water partition coefficient (Wildman–Crippen LogP) is 1.54. The first kappa shape index (κ1) is 13.4. The number of morpholine rings is 1. The third-order valence-corrected chi connectivity index (χ3v) is 3.98. The van der Waals surface area contributed by atoms with Gasteiger partial charge >= 0.3 is 0 Å². The molecule has 0 bridgehead atoms. The number of rotatable bonds is 2. The summed E-state index contributed by atoms with van der Waals surface area (Å²) < 4.78 is 5.36. The maximum Gasteiger partial charge on any atom is 0.272 e. The smallest absolute Gasteiger partial charge is 0.272 e. The first-order chi connectivity index (χ1) is 9.84. The van der Waals surface area contributed by atoms with Crippen LogP contribution in [0.1, 0.15) is 29.8 Å². The quantitative estimate of drug-likeness (QED) is 0.821. The average Bonchev–Trinajstić information content (AvgIpc) is 2.56. The molecule has 1 amide bonds. The number of nitrogens with zero attached hydrogens (tertiary/aromatic N) is 3. The minimum absolute atomic E-state index is 0.0693. The molecule has 2 fully saturated rings. The summed E-state index contributed by atoms with van der Waals surface area (Å²) >= 11 is 0. The van der Waals surface area contributed by atoms with Gasteiger partial charge in [-0.2, -0.15) is 0 Å². The topological polar surface area (TPSA) is 45.7 Å². The fourth-order valence-corrected chi connectivity index (χ4v) is 2.81. The summed E-state index contributed by atoms with van der Waals surface area (Å²) in [5.74, 6) is 0.0693. The standard InChI is InChI=1S/C15H21N3O2/c19-15(18-6-2-1-3-7-18)14-12-13(4-5-16-14)17-8-10-20-11-9-17/h4-5,12H,1-3,6-11H2. The Morgan fingerprint density at radius 2 is 1.85 bits per heavy atom. The summed E-state index contributed by atoms with van der Waals surface area (Å²) in [5.41, 5.74) is 1.64. The SMILES string of the molecule is O=C(c1cc(N2CCOCC2)ccn1)N1CCCCC1. The van der Waals surface area contributed by atoms with Gasteiger partial charge in [0.2, 0.25) is 0 Å².